The Morgan fingerprint density at radius 1 is 0.975 bits per heavy atom. The number of aromatic nitrogens is 1. The summed E-state index contributed by atoms with van der Waals surface area (Å²) in [5.74, 6) is -0.672. The number of aliphatic carboxylic acids is 2. The molecule has 0 fully saturated rings. The van der Waals surface area contributed by atoms with Gasteiger partial charge < -0.3 is 29.3 Å². The number of halogens is 1. The Morgan fingerprint density at radius 3 is 2.33 bits per heavy atom. The maximum absolute atomic E-state index is 9.55. The van der Waals surface area contributed by atoms with Gasteiger partial charge in [-0.2, -0.15) is 0 Å². The van der Waals surface area contributed by atoms with Crippen molar-refractivity contribution in [3.05, 3.63) is 101 Å². The highest BCUT2D eigenvalue weighted by Crippen LogP contribution is 2.45. The van der Waals surface area contributed by atoms with E-state index in [1.165, 1.54) is 11.3 Å². The summed E-state index contributed by atoms with van der Waals surface area (Å²) >= 11 is 6.42. The minimum Gasteiger partial charge on any atom is -0.478 e. The summed E-state index contributed by atoms with van der Waals surface area (Å²) in [6.45, 7) is 3.54. The van der Waals surface area contributed by atoms with Crippen molar-refractivity contribution in [3.8, 4) is 11.5 Å². The largest absolute Gasteiger partial charge is 0.478 e. The molecule has 4 aromatic rings. The fourth-order valence-corrected chi connectivity index (χ4v) is 4.85. The number of hydrogen-bond donors (Lipinski definition) is 2. The highest BCUT2D eigenvalue weighted by Gasteiger charge is 2.27. The van der Waals surface area contributed by atoms with E-state index in [1.807, 2.05) is 12.1 Å². The number of ether oxygens (including phenoxy) is 1. The van der Waals surface area contributed by atoms with Crippen LogP contribution in [0.2, 0.25) is 5.02 Å². The molecule has 0 bridgehead atoms. The van der Waals surface area contributed by atoms with Gasteiger partial charge in [0, 0.05) is 35.7 Å². The average molecular weight is 562 g/mol. The zero-order chi connectivity index (χ0) is 28.6. The molecule has 9 heteroatoms. The number of carboxylic acids is 2. The van der Waals surface area contributed by atoms with Crippen LogP contribution in [0.1, 0.15) is 17.7 Å². The van der Waals surface area contributed by atoms with E-state index < -0.39 is 11.9 Å². The summed E-state index contributed by atoms with van der Waals surface area (Å²) in [6, 6.07) is 25.1. The SMILES string of the molecule is CN(C)CCCn1c2c(c3ccc(Cl)cc31)Oc1ccccc1N(Cc1ccccc1)C2.O=C(O)C=CC(=O)O. The van der Waals surface area contributed by atoms with E-state index in [9.17, 15) is 9.59 Å². The summed E-state index contributed by atoms with van der Waals surface area (Å²) in [4.78, 5) is 23.8. The standard InChI is InChI=1S/C27H28ClN3O.C4H4O4/c1-29(2)15-8-16-31-24-17-21(28)13-14-22(24)27-25(31)19-30(18-20-9-4-3-5-10-20)23-11-6-7-12-26(23)32-27;5-3(6)1-2-4(7)8/h3-7,9-14,17H,8,15-16,18-19H2,1-2H3;1-2H,(H,5,6)(H,7,8). The Kier molecular flexibility index (Phi) is 9.47. The monoisotopic (exact) mass is 561 g/mol. The molecular weight excluding hydrogens is 530 g/mol. The number of anilines is 1. The highest BCUT2D eigenvalue weighted by atomic mass is 35.5. The van der Waals surface area contributed by atoms with E-state index in [-0.39, 0.29) is 0 Å². The zero-order valence-corrected chi connectivity index (χ0v) is 23.2. The smallest absolute Gasteiger partial charge is 0.328 e. The molecule has 1 aliphatic heterocycles. The van der Waals surface area contributed by atoms with E-state index in [0.717, 1.165) is 65.7 Å². The number of hydrogen-bond acceptors (Lipinski definition) is 5. The van der Waals surface area contributed by atoms with E-state index in [1.54, 1.807) is 0 Å². The Morgan fingerprint density at radius 2 is 1.65 bits per heavy atom. The van der Waals surface area contributed by atoms with Crippen molar-refractivity contribution >= 4 is 40.1 Å². The van der Waals surface area contributed by atoms with Crippen LogP contribution in [-0.4, -0.2) is 52.3 Å². The molecule has 40 heavy (non-hydrogen) atoms. The van der Waals surface area contributed by atoms with Crippen LogP contribution in [0.4, 0.5) is 5.69 Å². The molecule has 0 spiro atoms. The summed E-state index contributed by atoms with van der Waals surface area (Å²) in [5, 5.41) is 17.5. The lowest BCUT2D eigenvalue weighted by atomic mass is 10.2. The van der Waals surface area contributed by atoms with Crippen LogP contribution in [0, 0.1) is 0 Å². The van der Waals surface area contributed by atoms with Crippen molar-refractivity contribution in [3.63, 3.8) is 0 Å². The second kappa shape index (κ2) is 13.2. The van der Waals surface area contributed by atoms with Crippen molar-refractivity contribution < 1.29 is 24.5 Å². The van der Waals surface area contributed by atoms with Crippen molar-refractivity contribution in [1.82, 2.24) is 9.47 Å². The Hall–Kier alpha value is -4.27. The van der Waals surface area contributed by atoms with Gasteiger partial charge in [-0.3, -0.25) is 0 Å². The molecule has 208 valence electrons. The van der Waals surface area contributed by atoms with E-state index >= 15 is 0 Å². The molecule has 0 unspecified atom stereocenters. The van der Waals surface area contributed by atoms with Crippen molar-refractivity contribution in [2.45, 2.75) is 26.1 Å². The molecule has 0 aliphatic carbocycles. The van der Waals surface area contributed by atoms with Gasteiger partial charge in [0.05, 0.1) is 23.4 Å². The van der Waals surface area contributed by atoms with Crippen LogP contribution in [0.25, 0.3) is 10.9 Å². The first-order valence-electron chi connectivity index (χ1n) is 12.9. The number of carboxylic acid groups (broad SMARTS) is 2. The van der Waals surface area contributed by atoms with Gasteiger partial charge in [-0.05, 0) is 63.0 Å². The first kappa shape index (κ1) is 28.7. The normalized spacial score (nSPS) is 12.3. The van der Waals surface area contributed by atoms with Crippen molar-refractivity contribution in [2.24, 2.45) is 0 Å². The second-order valence-electron chi connectivity index (χ2n) is 9.67. The predicted octanol–water partition coefficient (Wildman–Crippen LogP) is 6.27. The molecule has 0 radical (unpaired) electrons. The third kappa shape index (κ3) is 7.22. The molecule has 2 N–H and O–H groups in total. The molecule has 0 saturated carbocycles. The molecule has 0 saturated heterocycles. The number of nitrogens with zero attached hydrogens (tertiary/aromatic N) is 3. The second-order valence-corrected chi connectivity index (χ2v) is 10.1. The number of para-hydroxylation sites is 2. The van der Waals surface area contributed by atoms with Gasteiger partial charge in [0.15, 0.2) is 11.5 Å². The molecule has 1 aliphatic rings. The summed E-state index contributed by atoms with van der Waals surface area (Å²) in [7, 11) is 4.24. The van der Waals surface area contributed by atoms with Crippen molar-refractivity contribution in [2.75, 3.05) is 25.5 Å². The summed E-state index contributed by atoms with van der Waals surface area (Å²) in [5.41, 5.74) is 4.74. The Labute approximate surface area is 238 Å². The van der Waals surface area contributed by atoms with Crippen molar-refractivity contribution in [1.29, 1.82) is 0 Å². The van der Waals surface area contributed by atoms with Gasteiger partial charge in [-0.1, -0.05) is 54.1 Å². The average Bonchev–Trinajstić information content (AvgIpc) is 3.08. The topological polar surface area (TPSA) is 95.2 Å². The summed E-state index contributed by atoms with van der Waals surface area (Å²) in [6.07, 6.45) is 2.17. The minimum absolute atomic E-state index is 0.558. The third-order valence-corrected chi connectivity index (χ3v) is 6.65. The zero-order valence-electron chi connectivity index (χ0n) is 22.5. The van der Waals surface area contributed by atoms with Gasteiger partial charge >= 0.3 is 11.9 Å². The summed E-state index contributed by atoms with van der Waals surface area (Å²) < 4.78 is 9.02. The number of benzene rings is 3. The van der Waals surface area contributed by atoms with Crippen LogP contribution in [0.15, 0.2) is 84.9 Å². The lowest BCUT2D eigenvalue weighted by Crippen LogP contribution is -2.23. The van der Waals surface area contributed by atoms with Crippen LogP contribution in [-0.2, 0) is 29.2 Å². The molecule has 2 heterocycles. The lowest BCUT2D eigenvalue weighted by Gasteiger charge is -2.25. The Balaban J connectivity index is 0.000000406. The van der Waals surface area contributed by atoms with Gasteiger partial charge in [0.1, 0.15) is 0 Å². The van der Waals surface area contributed by atoms with E-state index in [2.05, 4.69) is 89.1 Å². The molecule has 0 atom stereocenters. The first-order chi connectivity index (χ1) is 19.2. The number of fused-ring (bicyclic) bond motifs is 4. The fraction of sp³-hybridized carbons (Fsp3) is 0.226. The third-order valence-electron chi connectivity index (χ3n) is 6.41. The van der Waals surface area contributed by atoms with Gasteiger partial charge in [0.2, 0.25) is 0 Å². The molecule has 0 amide bonds. The van der Waals surface area contributed by atoms with Crippen LogP contribution < -0.4 is 9.64 Å². The number of carbonyl (C=O) groups is 2. The maximum atomic E-state index is 9.55. The lowest BCUT2D eigenvalue weighted by molar-refractivity contribution is -0.134. The van der Waals surface area contributed by atoms with Gasteiger partial charge in [-0.15, -0.1) is 0 Å². The fourth-order valence-electron chi connectivity index (χ4n) is 4.68. The molecule has 8 nitrogen and oxygen atoms in total. The molecular formula is C31H32ClN3O5. The molecule has 3 aromatic carbocycles. The first-order valence-corrected chi connectivity index (χ1v) is 13.3. The Bertz CT molecular complexity index is 1500. The van der Waals surface area contributed by atoms with Crippen LogP contribution in [0.3, 0.4) is 0 Å². The quantitative estimate of drug-likeness (QED) is 0.245. The van der Waals surface area contributed by atoms with Gasteiger partial charge in [-0.25, -0.2) is 9.59 Å². The van der Waals surface area contributed by atoms with Gasteiger partial charge in [0.25, 0.3) is 0 Å². The van der Waals surface area contributed by atoms with E-state index in [4.69, 9.17) is 26.6 Å². The number of aryl methyl sites for hydroxylation is 1. The highest BCUT2D eigenvalue weighted by molar-refractivity contribution is 6.31. The molecule has 1 aromatic heterocycles. The number of rotatable bonds is 8. The van der Waals surface area contributed by atoms with Crippen LogP contribution in [0.5, 0.6) is 11.5 Å². The predicted molar refractivity (Wildman–Crippen MR) is 157 cm³/mol. The van der Waals surface area contributed by atoms with Crippen LogP contribution >= 0.6 is 11.6 Å². The molecule has 5 rings (SSSR count). The maximum Gasteiger partial charge on any atom is 0.328 e. The minimum atomic E-state index is -1.26. The van der Waals surface area contributed by atoms with E-state index in [0.29, 0.717) is 12.2 Å².